The first-order chi connectivity index (χ1) is 8.52. The van der Waals surface area contributed by atoms with Gasteiger partial charge in [-0.05, 0) is 43.4 Å². The third-order valence-corrected chi connectivity index (χ3v) is 4.00. The van der Waals surface area contributed by atoms with Crippen LogP contribution in [0.4, 0.5) is 4.39 Å². The standard InChI is InChI=1S/C14H18ClFO2/c1-18-11-4-6-14(17,7-5-11)9-10-2-3-13(16)12(15)8-10/h2-3,8,11,17H,4-7,9H2,1H3. The fraction of sp³-hybridized carbons (Fsp3) is 0.571. The Morgan fingerprint density at radius 1 is 1.44 bits per heavy atom. The second-order valence-corrected chi connectivity index (χ2v) is 5.49. The van der Waals surface area contributed by atoms with Gasteiger partial charge in [0.05, 0.1) is 16.7 Å². The normalized spacial score (nSPS) is 28.3. The average Bonchev–Trinajstić information content (AvgIpc) is 2.35. The van der Waals surface area contributed by atoms with Crippen LogP contribution in [-0.2, 0) is 11.2 Å². The summed E-state index contributed by atoms with van der Waals surface area (Å²) >= 11 is 5.75. The van der Waals surface area contributed by atoms with Crippen molar-refractivity contribution in [3.63, 3.8) is 0 Å². The van der Waals surface area contributed by atoms with Gasteiger partial charge in [0, 0.05) is 13.5 Å². The first kappa shape index (κ1) is 13.8. The molecule has 0 saturated heterocycles. The van der Waals surface area contributed by atoms with E-state index in [-0.39, 0.29) is 11.1 Å². The van der Waals surface area contributed by atoms with Crippen molar-refractivity contribution in [2.24, 2.45) is 0 Å². The van der Waals surface area contributed by atoms with Gasteiger partial charge < -0.3 is 9.84 Å². The van der Waals surface area contributed by atoms with Crippen LogP contribution in [0.15, 0.2) is 18.2 Å². The van der Waals surface area contributed by atoms with Crippen molar-refractivity contribution >= 4 is 11.6 Å². The summed E-state index contributed by atoms with van der Waals surface area (Å²) < 4.78 is 18.3. The molecule has 0 radical (unpaired) electrons. The first-order valence-electron chi connectivity index (χ1n) is 6.21. The smallest absolute Gasteiger partial charge is 0.141 e. The minimum Gasteiger partial charge on any atom is -0.390 e. The van der Waals surface area contributed by atoms with E-state index in [9.17, 15) is 9.50 Å². The molecule has 2 nitrogen and oxygen atoms in total. The fourth-order valence-electron chi connectivity index (χ4n) is 2.57. The molecule has 1 aliphatic carbocycles. The van der Waals surface area contributed by atoms with Gasteiger partial charge in [0.2, 0.25) is 0 Å². The summed E-state index contributed by atoms with van der Waals surface area (Å²) in [5.74, 6) is -0.421. The van der Waals surface area contributed by atoms with Crippen molar-refractivity contribution in [2.75, 3.05) is 7.11 Å². The van der Waals surface area contributed by atoms with Crippen LogP contribution in [0.2, 0.25) is 5.02 Å². The molecule has 0 amide bonds. The second-order valence-electron chi connectivity index (χ2n) is 5.08. The van der Waals surface area contributed by atoms with Crippen molar-refractivity contribution in [3.05, 3.63) is 34.6 Å². The Balaban J connectivity index is 2.02. The van der Waals surface area contributed by atoms with Gasteiger partial charge in [0.25, 0.3) is 0 Å². The molecule has 1 aliphatic rings. The van der Waals surface area contributed by atoms with Crippen LogP contribution in [0.3, 0.4) is 0 Å². The topological polar surface area (TPSA) is 29.5 Å². The molecular weight excluding hydrogens is 255 g/mol. The van der Waals surface area contributed by atoms with E-state index < -0.39 is 11.4 Å². The predicted octanol–water partition coefficient (Wildman–Crippen LogP) is 3.34. The SMILES string of the molecule is COC1CCC(O)(Cc2ccc(F)c(Cl)c2)CC1. The highest BCUT2D eigenvalue weighted by molar-refractivity contribution is 6.30. The summed E-state index contributed by atoms with van der Waals surface area (Å²) in [6, 6.07) is 4.63. The maximum Gasteiger partial charge on any atom is 0.141 e. The summed E-state index contributed by atoms with van der Waals surface area (Å²) in [6.45, 7) is 0. The van der Waals surface area contributed by atoms with Crippen LogP contribution < -0.4 is 0 Å². The predicted molar refractivity (Wildman–Crippen MR) is 69.3 cm³/mol. The minimum absolute atomic E-state index is 0.113. The molecule has 18 heavy (non-hydrogen) atoms. The summed E-state index contributed by atoms with van der Waals surface area (Å²) in [7, 11) is 1.70. The van der Waals surface area contributed by atoms with E-state index in [2.05, 4.69) is 0 Å². The lowest BCUT2D eigenvalue weighted by atomic mass is 9.79. The van der Waals surface area contributed by atoms with E-state index in [1.807, 2.05) is 0 Å². The zero-order valence-electron chi connectivity index (χ0n) is 10.5. The average molecular weight is 273 g/mol. The number of hydrogen-bond donors (Lipinski definition) is 1. The fourth-order valence-corrected chi connectivity index (χ4v) is 2.77. The lowest BCUT2D eigenvalue weighted by Gasteiger charge is -2.35. The largest absolute Gasteiger partial charge is 0.390 e. The highest BCUT2D eigenvalue weighted by atomic mass is 35.5. The Labute approximate surface area is 112 Å². The van der Waals surface area contributed by atoms with Crippen molar-refractivity contribution < 1.29 is 14.2 Å². The van der Waals surface area contributed by atoms with E-state index in [1.165, 1.54) is 6.07 Å². The molecule has 100 valence electrons. The third-order valence-electron chi connectivity index (χ3n) is 3.71. The van der Waals surface area contributed by atoms with Gasteiger partial charge >= 0.3 is 0 Å². The molecule has 0 bridgehead atoms. The molecule has 1 aromatic carbocycles. The van der Waals surface area contributed by atoms with E-state index in [1.54, 1.807) is 19.2 Å². The van der Waals surface area contributed by atoms with Gasteiger partial charge in [-0.25, -0.2) is 4.39 Å². The van der Waals surface area contributed by atoms with E-state index in [4.69, 9.17) is 16.3 Å². The van der Waals surface area contributed by atoms with Crippen molar-refractivity contribution in [1.82, 2.24) is 0 Å². The van der Waals surface area contributed by atoms with Gasteiger partial charge in [-0.2, -0.15) is 0 Å². The van der Waals surface area contributed by atoms with Gasteiger partial charge in [0.1, 0.15) is 5.82 Å². The molecule has 1 N–H and O–H groups in total. The molecule has 0 spiro atoms. The van der Waals surface area contributed by atoms with Crippen LogP contribution in [0.5, 0.6) is 0 Å². The molecule has 2 rings (SSSR count). The second kappa shape index (κ2) is 5.55. The van der Waals surface area contributed by atoms with Crippen LogP contribution in [0.25, 0.3) is 0 Å². The van der Waals surface area contributed by atoms with Crippen LogP contribution in [0, 0.1) is 5.82 Å². The van der Waals surface area contributed by atoms with Crippen LogP contribution >= 0.6 is 11.6 Å². The summed E-state index contributed by atoms with van der Waals surface area (Å²) in [5, 5.41) is 10.6. The zero-order chi connectivity index (χ0) is 13.2. The van der Waals surface area contributed by atoms with Crippen molar-refractivity contribution in [3.8, 4) is 0 Å². The quantitative estimate of drug-likeness (QED) is 0.914. The summed E-state index contributed by atoms with van der Waals surface area (Å²) in [5.41, 5.74) is 0.163. The molecule has 0 heterocycles. The molecule has 1 aromatic rings. The Bertz CT molecular complexity index is 414. The zero-order valence-corrected chi connectivity index (χ0v) is 11.2. The van der Waals surface area contributed by atoms with Crippen molar-refractivity contribution in [1.29, 1.82) is 0 Å². The number of hydrogen-bond acceptors (Lipinski definition) is 2. The molecule has 0 aliphatic heterocycles. The Morgan fingerprint density at radius 2 is 2.11 bits per heavy atom. The minimum atomic E-state index is -0.712. The first-order valence-corrected chi connectivity index (χ1v) is 6.59. The lowest BCUT2D eigenvalue weighted by Crippen LogP contribution is -2.38. The Kier molecular flexibility index (Phi) is 4.25. The van der Waals surface area contributed by atoms with Gasteiger partial charge in [-0.15, -0.1) is 0 Å². The number of methoxy groups -OCH3 is 1. The third kappa shape index (κ3) is 3.22. The Hall–Kier alpha value is -0.640. The molecule has 0 aromatic heterocycles. The summed E-state index contributed by atoms with van der Waals surface area (Å²) in [6.07, 6.45) is 3.91. The molecule has 4 heteroatoms. The number of halogens is 2. The van der Waals surface area contributed by atoms with E-state index in [0.717, 1.165) is 18.4 Å². The number of rotatable bonds is 3. The van der Waals surface area contributed by atoms with E-state index in [0.29, 0.717) is 19.3 Å². The van der Waals surface area contributed by atoms with Gasteiger partial charge in [-0.3, -0.25) is 0 Å². The maximum absolute atomic E-state index is 13.1. The lowest BCUT2D eigenvalue weighted by molar-refractivity contribution is -0.0427. The van der Waals surface area contributed by atoms with Crippen LogP contribution in [0.1, 0.15) is 31.2 Å². The summed E-state index contributed by atoms with van der Waals surface area (Å²) in [4.78, 5) is 0. The van der Waals surface area contributed by atoms with Gasteiger partial charge in [-0.1, -0.05) is 17.7 Å². The van der Waals surface area contributed by atoms with Crippen LogP contribution in [-0.4, -0.2) is 23.9 Å². The number of aliphatic hydroxyl groups is 1. The highest BCUT2D eigenvalue weighted by Crippen LogP contribution is 2.33. The molecular formula is C14H18ClFO2. The maximum atomic E-state index is 13.1. The molecule has 0 atom stereocenters. The number of ether oxygens (including phenoxy) is 1. The Morgan fingerprint density at radius 3 is 2.67 bits per heavy atom. The highest BCUT2D eigenvalue weighted by Gasteiger charge is 2.33. The van der Waals surface area contributed by atoms with Crippen molar-refractivity contribution in [2.45, 2.75) is 43.8 Å². The number of benzene rings is 1. The van der Waals surface area contributed by atoms with Gasteiger partial charge in [0.15, 0.2) is 0 Å². The molecule has 0 unspecified atom stereocenters. The van der Waals surface area contributed by atoms with E-state index >= 15 is 0 Å². The monoisotopic (exact) mass is 272 g/mol. The molecule has 1 saturated carbocycles. The molecule has 1 fully saturated rings.